The van der Waals surface area contributed by atoms with Gasteiger partial charge in [0.1, 0.15) is 0 Å². The van der Waals surface area contributed by atoms with E-state index in [2.05, 4.69) is 45.7 Å². The standard InChI is InChI=1S/C23H33N3O2S/c1-18-6-5-7-22(16-18)26-14-12-25(13-15-26)11-10-21(4)24-29(27,28)23-17-19(2)8-9-20(23)3/h5-9,16-17,21,24H,10-15H2,1-4H3. The molecule has 1 N–H and O–H groups in total. The Hall–Kier alpha value is -1.89. The van der Waals surface area contributed by atoms with Gasteiger partial charge in [-0.1, -0.05) is 24.3 Å². The zero-order chi connectivity index (χ0) is 21.0. The van der Waals surface area contributed by atoms with Crippen molar-refractivity contribution in [1.82, 2.24) is 9.62 Å². The lowest BCUT2D eigenvalue weighted by Crippen LogP contribution is -2.47. The van der Waals surface area contributed by atoms with E-state index in [4.69, 9.17) is 0 Å². The average Bonchev–Trinajstić information content (AvgIpc) is 2.68. The van der Waals surface area contributed by atoms with E-state index in [1.54, 1.807) is 6.07 Å². The number of anilines is 1. The van der Waals surface area contributed by atoms with Gasteiger partial charge < -0.3 is 4.90 Å². The molecule has 5 nitrogen and oxygen atoms in total. The Bertz CT molecular complexity index is 935. The predicted molar refractivity (Wildman–Crippen MR) is 120 cm³/mol. The largest absolute Gasteiger partial charge is 0.369 e. The molecule has 1 unspecified atom stereocenters. The van der Waals surface area contributed by atoms with Crippen LogP contribution in [-0.4, -0.2) is 52.1 Å². The van der Waals surface area contributed by atoms with Crippen molar-refractivity contribution in [2.45, 2.75) is 45.1 Å². The van der Waals surface area contributed by atoms with Gasteiger partial charge >= 0.3 is 0 Å². The molecule has 1 saturated heterocycles. The molecule has 29 heavy (non-hydrogen) atoms. The number of piperazine rings is 1. The maximum Gasteiger partial charge on any atom is 0.241 e. The van der Waals surface area contributed by atoms with Crippen LogP contribution in [0.5, 0.6) is 0 Å². The molecule has 0 aliphatic carbocycles. The second kappa shape index (κ2) is 9.28. The molecule has 1 atom stereocenters. The molecule has 158 valence electrons. The molecule has 3 rings (SSSR count). The summed E-state index contributed by atoms with van der Waals surface area (Å²) in [6, 6.07) is 14.1. The minimum atomic E-state index is -3.49. The van der Waals surface area contributed by atoms with Crippen molar-refractivity contribution in [3.05, 3.63) is 59.2 Å². The molecule has 0 amide bonds. The molecule has 1 aliphatic heterocycles. The minimum absolute atomic E-state index is 0.102. The highest BCUT2D eigenvalue weighted by Gasteiger charge is 2.21. The van der Waals surface area contributed by atoms with E-state index in [0.29, 0.717) is 4.90 Å². The molecule has 2 aromatic rings. The van der Waals surface area contributed by atoms with E-state index in [1.807, 2.05) is 32.9 Å². The summed E-state index contributed by atoms with van der Waals surface area (Å²) >= 11 is 0. The molecule has 1 heterocycles. The van der Waals surface area contributed by atoms with E-state index >= 15 is 0 Å². The lowest BCUT2D eigenvalue weighted by Gasteiger charge is -2.36. The lowest BCUT2D eigenvalue weighted by molar-refractivity contribution is 0.248. The Kier molecular flexibility index (Phi) is 6.98. The van der Waals surface area contributed by atoms with Gasteiger partial charge in [-0.3, -0.25) is 4.90 Å². The van der Waals surface area contributed by atoms with Gasteiger partial charge in [-0.25, -0.2) is 13.1 Å². The Morgan fingerprint density at radius 1 is 0.966 bits per heavy atom. The highest BCUT2D eigenvalue weighted by atomic mass is 32.2. The lowest BCUT2D eigenvalue weighted by atomic mass is 10.2. The van der Waals surface area contributed by atoms with Gasteiger partial charge in [0.15, 0.2) is 0 Å². The van der Waals surface area contributed by atoms with E-state index in [1.165, 1.54) is 11.3 Å². The summed E-state index contributed by atoms with van der Waals surface area (Å²) < 4.78 is 28.4. The maximum atomic E-state index is 12.8. The van der Waals surface area contributed by atoms with E-state index < -0.39 is 10.0 Å². The highest BCUT2D eigenvalue weighted by molar-refractivity contribution is 7.89. The third-order valence-electron chi connectivity index (χ3n) is 5.61. The highest BCUT2D eigenvalue weighted by Crippen LogP contribution is 2.19. The van der Waals surface area contributed by atoms with E-state index in [9.17, 15) is 8.42 Å². The fourth-order valence-electron chi connectivity index (χ4n) is 3.81. The fraction of sp³-hybridized carbons (Fsp3) is 0.478. The fourth-order valence-corrected chi connectivity index (χ4v) is 5.42. The Morgan fingerprint density at radius 2 is 1.66 bits per heavy atom. The van der Waals surface area contributed by atoms with Gasteiger partial charge in [0, 0.05) is 37.9 Å². The Labute approximate surface area is 175 Å². The molecular weight excluding hydrogens is 382 g/mol. The van der Waals surface area contributed by atoms with Gasteiger partial charge in [-0.05, 0) is 75.5 Å². The third-order valence-corrected chi connectivity index (χ3v) is 7.34. The second-order valence-electron chi connectivity index (χ2n) is 8.25. The van der Waals surface area contributed by atoms with Crippen LogP contribution in [0, 0.1) is 20.8 Å². The van der Waals surface area contributed by atoms with Gasteiger partial charge in [0.2, 0.25) is 10.0 Å². The van der Waals surface area contributed by atoms with Crippen LogP contribution < -0.4 is 9.62 Å². The minimum Gasteiger partial charge on any atom is -0.369 e. The first-order valence-corrected chi connectivity index (χ1v) is 11.9. The third kappa shape index (κ3) is 5.81. The predicted octanol–water partition coefficient (Wildman–Crippen LogP) is 3.49. The van der Waals surface area contributed by atoms with Crippen molar-refractivity contribution in [2.75, 3.05) is 37.6 Å². The number of nitrogens with zero attached hydrogens (tertiary/aromatic N) is 2. The van der Waals surface area contributed by atoms with Gasteiger partial charge in [0.25, 0.3) is 0 Å². The van der Waals surface area contributed by atoms with Crippen LogP contribution in [0.3, 0.4) is 0 Å². The Balaban J connectivity index is 1.49. The van der Waals surface area contributed by atoms with Crippen molar-refractivity contribution in [1.29, 1.82) is 0 Å². The number of rotatable bonds is 7. The van der Waals surface area contributed by atoms with Crippen LogP contribution in [0.25, 0.3) is 0 Å². The molecule has 0 radical (unpaired) electrons. The van der Waals surface area contributed by atoms with E-state index in [0.717, 1.165) is 50.3 Å². The zero-order valence-corrected chi connectivity index (χ0v) is 18.8. The molecule has 0 spiro atoms. The number of hydrogen-bond acceptors (Lipinski definition) is 4. The van der Waals surface area contributed by atoms with Gasteiger partial charge in [-0.2, -0.15) is 0 Å². The monoisotopic (exact) mass is 415 g/mol. The van der Waals surface area contributed by atoms with Crippen LogP contribution in [0.4, 0.5) is 5.69 Å². The normalized spacial score (nSPS) is 16.8. The number of nitrogens with one attached hydrogen (secondary N) is 1. The van der Waals surface area contributed by atoms with Crippen LogP contribution in [0.15, 0.2) is 47.4 Å². The average molecular weight is 416 g/mol. The van der Waals surface area contributed by atoms with Crippen LogP contribution in [-0.2, 0) is 10.0 Å². The number of aryl methyl sites for hydroxylation is 3. The van der Waals surface area contributed by atoms with Crippen molar-refractivity contribution in [3.8, 4) is 0 Å². The molecule has 1 fully saturated rings. The summed E-state index contributed by atoms with van der Waals surface area (Å²) in [5, 5.41) is 0. The first kappa shape index (κ1) is 21.8. The van der Waals surface area contributed by atoms with Gasteiger partial charge in [0.05, 0.1) is 4.90 Å². The Morgan fingerprint density at radius 3 is 2.34 bits per heavy atom. The van der Waals surface area contributed by atoms with Crippen LogP contribution in [0.1, 0.15) is 30.0 Å². The van der Waals surface area contributed by atoms with Crippen molar-refractivity contribution in [3.63, 3.8) is 0 Å². The summed E-state index contributed by atoms with van der Waals surface area (Å²) in [6.45, 7) is 12.8. The summed E-state index contributed by atoms with van der Waals surface area (Å²) in [7, 11) is -3.49. The molecule has 0 aromatic heterocycles. The van der Waals surface area contributed by atoms with Crippen LogP contribution >= 0.6 is 0 Å². The summed E-state index contributed by atoms with van der Waals surface area (Å²) in [4.78, 5) is 5.24. The van der Waals surface area contributed by atoms with Crippen LogP contribution in [0.2, 0.25) is 0 Å². The first-order valence-electron chi connectivity index (χ1n) is 10.4. The molecule has 0 bridgehead atoms. The summed E-state index contributed by atoms with van der Waals surface area (Å²) in [6.07, 6.45) is 0.800. The van der Waals surface area contributed by atoms with Gasteiger partial charge in [-0.15, -0.1) is 0 Å². The first-order chi connectivity index (χ1) is 13.7. The summed E-state index contributed by atoms with van der Waals surface area (Å²) in [5.74, 6) is 0. The SMILES string of the molecule is Cc1cccc(N2CCN(CCC(C)NS(=O)(=O)c3cc(C)ccc3C)CC2)c1. The molecule has 6 heteroatoms. The number of hydrogen-bond donors (Lipinski definition) is 1. The summed E-state index contributed by atoms with van der Waals surface area (Å²) in [5.41, 5.74) is 4.31. The molecular formula is C23H33N3O2S. The van der Waals surface area contributed by atoms with Crippen molar-refractivity contribution in [2.24, 2.45) is 0 Å². The molecule has 0 saturated carbocycles. The number of sulfonamides is 1. The number of benzene rings is 2. The van der Waals surface area contributed by atoms with Crippen molar-refractivity contribution >= 4 is 15.7 Å². The smallest absolute Gasteiger partial charge is 0.241 e. The maximum absolute atomic E-state index is 12.8. The van der Waals surface area contributed by atoms with Crippen molar-refractivity contribution < 1.29 is 8.42 Å². The second-order valence-corrected chi connectivity index (χ2v) is 9.93. The molecule has 2 aromatic carbocycles. The quantitative estimate of drug-likeness (QED) is 0.752. The zero-order valence-electron chi connectivity index (χ0n) is 18.0. The van der Waals surface area contributed by atoms with E-state index in [-0.39, 0.29) is 6.04 Å². The molecule has 1 aliphatic rings. The topological polar surface area (TPSA) is 52.6 Å².